The molecule has 31 heavy (non-hydrogen) atoms. The average Bonchev–Trinajstić information content (AvgIpc) is 2.65. The second kappa shape index (κ2) is 12.8. The molecule has 0 spiro atoms. The van der Waals surface area contributed by atoms with E-state index in [4.69, 9.17) is 0 Å². The molecule has 180 valence electrons. The lowest BCUT2D eigenvalue weighted by atomic mass is 9.85. The number of benzene rings is 1. The van der Waals surface area contributed by atoms with Gasteiger partial charge >= 0.3 is 0 Å². The summed E-state index contributed by atoms with van der Waals surface area (Å²) in [5.41, 5.74) is 3.64. The highest BCUT2D eigenvalue weighted by Gasteiger charge is 2.24. The molecule has 0 heterocycles. The van der Waals surface area contributed by atoms with Crippen molar-refractivity contribution in [3.8, 4) is 5.75 Å². The second-order valence-electron chi connectivity index (χ2n) is 11.4. The van der Waals surface area contributed by atoms with Crippen LogP contribution in [0.1, 0.15) is 130 Å². The molecular weight excluding hydrogens is 416 g/mol. The number of phenolic OH excluding ortho intramolecular Hbond substituents is 1. The van der Waals surface area contributed by atoms with E-state index in [2.05, 4.69) is 74.4 Å². The van der Waals surface area contributed by atoms with E-state index in [1.54, 1.807) is 0 Å². The molecule has 0 aliphatic carbocycles. The number of thioether (sulfide) groups is 2. The summed E-state index contributed by atoms with van der Waals surface area (Å²) in [6, 6.07) is 4.51. The first-order valence-electron chi connectivity index (χ1n) is 12.4. The van der Waals surface area contributed by atoms with Gasteiger partial charge < -0.3 is 5.11 Å². The standard InChI is InChI=1S/C28H50OS2/c1-10-12-14-16-27(6,7)30-20-22-18-24(26(3,4)5)19-23(25(22)29)21-31-28(8,9)17-15-13-11-2/h18-19,29H,10-17,20-21H2,1-9H3. The molecule has 0 aliphatic heterocycles. The summed E-state index contributed by atoms with van der Waals surface area (Å²) in [6.45, 7) is 20.8. The Balaban J connectivity index is 2.99. The molecule has 0 saturated heterocycles. The lowest BCUT2D eigenvalue weighted by molar-refractivity contribution is 0.464. The van der Waals surface area contributed by atoms with Crippen LogP contribution in [0.5, 0.6) is 5.75 Å². The Morgan fingerprint density at radius 2 is 1.06 bits per heavy atom. The van der Waals surface area contributed by atoms with Crippen LogP contribution in [0, 0.1) is 0 Å². The van der Waals surface area contributed by atoms with Crippen molar-refractivity contribution >= 4 is 23.5 Å². The number of phenols is 1. The van der Waals surface area contributed by atoms with Gasteiger partial charge in [0.15, 0.2) is 0 Å². The fourth-order valence-corrected chi connectivity index (χ4v) is 5.82. The van der Waals surface area contributed by atoms with Gasteiger partial charge in [0, 0.05) is 32.1 Å². The van der Waals surface area contributed by atoms with Gasteiger partial charge in [0.25, 0.3) is 0 Å². The van der Waals surface area contributed by atoms with Gasteiger partial charge in [0.05, 0.1) is 0 Å². The van der Waals surface area contributed by atoms with E-state index < -0.39 is 0 Å². The molecule has 1 nitrogen and oxygen atoms in total. The first-order chi connectivity index (χ1) is 14.3. The first-order valence-corrected chi connectivity index (χ1v) is 14.4. The Kier molecular flexibility index (Phi) is 11.9. The van der Waals surface area contributed by atoms with Gasteiger partial charge in [0.1, 0.15) is 5.75 Å². The van der Waals surface area contributed by atoms with Gasteiger partial charge in [-0.3, -0.25) is 0 Å². The van der Waals surface area contributed by atoms with Gasteiger partial charge in [-0.1, -0.05) is 113 Å². The zero-order valence-electron chi connectivity index (χ0n) is 22.0. The molecule has 0 radical (unpaired) electrons. The zero-order chi connectivity index (χ0) is 23.7. The Morgan fingerprint density at radius 3 is 1.39 bits per heavy atom. The predicted octanol–water partition coefficient (Wildman–Crippen LogP) is 9.87. The first kappa shape index (κ1) is 28.8. The van der Waals surface area contributed by atoms with Crippen LogP contribution in [0.4, 0.5) is 0 Å². The molecule has 1 N–H and O–H groups in total. The van der Waals surface area contributed by atoms with Crippen molar-refractivity contribution in [3.63, 3.8) is 0 Å². The predicted molar refractivity (Wildman–Crippen MR) is 146 cm³/mol. The van der Waals surface area contributed by atoms with E-state index in [-0.39, 0.29) is 14.9 Å². The van der Waals surface area contributed by atoms with Crippen molar-refractivity contribution in [2.45, 2.75) is 140 Å². The van der Waals surface area contributed by atoms with E-state index in [0.29, 0.717) is 5.75 Å². The van der Waals surface area contributed by atoms with Gasteiger partial charge in [-0.05, 0) is 23.8 Å². The smallest absolute Gasteiger partial charge is 0.123 e. The maximum Gasteiger partial charge on any atom is 0.123 e. The second-order valence-corrected chi connectivity index (χ2v) is 14.8. The van der Waals surface area contributed by atoms with Crippen molar-refractivity contribution in [1.82, 2.24) is 0 Å². The third-order valence-corrected chi connectivity index (χ3v) is 9.02. The average molecular weight is 467 g/mol. The highest BCUT2D eigenvalue weighted by molar-refractivity contribution is 8.00. The van der Waals surface area contributed by atoms with E-state index in [9.17, 15) is 5.11 Å². The number of unbranched alkanes of at least 4 members (excludes halogenated alkanes) is 4. The maximum atomic E-state index is 11.2. The van der Waals surface area contributed by atoms with Crippen molar-refractivity contribution < 1.29 is 5.11 Å². The van der Waals surface area contributed by atoms with Crippen LogP contribution in [0.15, 0.2) is 12.1 Å². The molecule has 0 atom stereocenters. The summed E-state index contributed by atoms with van der Waals surface area (Å²) in [6.07, 6.45) is 10.2. The van der Waals surface area contributed by atoms with Crippen molar-refractivity contribution in [2.75, 3.05) is 0 Å². The zero-order valence-corrected chi connectivity index (χ0v) is 23.6. The van der Waals surface area contributed by atoms with Gasteiger partial charge in [0.2, 0.25) is 0 Å². The fraction of sp³-hybridized carbons (Fsp3) is 0.786. The topological polar surface area (TPSA) is 20.2 Å². The summed E-state index contributed by atoms with van der Waals surface area (Å²) in [5.74, 6) is 2.29. The van der Waals surface area contributed by atoms with Gasteiger partial charge in [-0.15, -0.1) is 0 Å². The fourth-order valence-electron chi connectivity index (χ4n) is 3.71. The van der Waals surface area contributed by atoms with Crippen LogP contribution < -0.4 is 0 Å². The summed E-state index contributed by atoms with van der Waals surface area (Å²) in [4.78, 5) is 0. The SMILES string of the molecule is CCCCCC(C)(C)SCc1cc(C(C)(C)C)cc(CSC(C)(C)CCCCC)c1O. The van der Waals surface area contributed by atoms with Crippen LogP contribution in [-0.4, -0.2) is 14.6 Å². The molecule has 1 rings (SSSR count). The molecular formula is C28H50OS2. The number of rotatable bonds is 14. The minimum atomic E-state index is 0.0832. The van der Waals surface area contributed by atoms with Crippen LogP contribution in [0.25, 0.3) is 0 Å². The van der Waals surface area contributed by atoms with E-state index in [0.717, 1.165) is 22.6 Å². The summed E-state index contributed by atoms with van der Waals surface area (Å²) in [5, 5.41) is 11.2. The Morgan fingerprint density at radius 1 is 0.677 bits per heavy atom. The van der Waals surface area contributed by atoms with Crippen molar-refractivity contribution in [2.24, 2.45) is 0 Å². The quantitative estimate of drug-likeness (QED) is 0.275. The molecule has 1 aromatic carbocycles. The Bertz CT molecular complexity index is 608. The van der Waals surface area contributed by atoms with Crippen LogP contribution in [-0.2, 0) is 16.9 Å². The molecule has 0 aromatic heterocycles. The van der Waals surface area contributed by atoms with Crippen molar-refractivity contribution in [3.05, 3.63) is 28.8 Å². The third kappa shape index (κ3) is 10.9. The third-order valence-electron chi connectivity index (χ3n) is 6.14. The Labute approximate surface area is 203 Å². The molecule has 0 saturated carbocycles. The van der Waals surface area contributed by atoms with Crippen LogP contribution >= 0.6 is 23.5 Å². The molecule has 0 fully saturated rings. The van der Waals surface area contributed by atoms with E-state index in [1.165, 1.54) is 56.9 Å². The molecule has 0 bridgehead atoms. The van der Waals surface area contributed by atoms with E-state index in [1.807, 2.05) is 23.5 Å². The minimum absolute atomic E-state index is 0.0832. The van der Waals surface area contributed by atoms with Crippen LogP contribution in [0.2, 0.25) is 0 Å². The maximum absolute atomic E-state index is 11.2. The number of hydrogen-bond acceptors (Lipinski definition) is 3. The van der Waals surface area contributed by atoms with Crippen LogP contribution in [0.3, 0.4) is 0 Å². The summed E-state index contributed by atoms with van der Waals surface area (Å²) in [7, 11) is 0. The normalized spacial score (nSPS) is 13.1. The molecule has 0 unspecified atom stereocenters. The monoisotopic (exact) mass is 466 g/mol. The summed E-state index contributed by atoms with van der Waals surface area (Å²) < 4.78 is 0.491. The van der Waals surface area contributed by atoms with E-state index >= 15 is 0 Å². The molecule has 1 aromatic rings. The molecule has 3 heteroatoms. The number of hydrogen-bond donors (Lipinski definition) is 1. The lowest BCUT2D eigenvalue weighted by Crippen LogP contribution is -2.16. The molecule has 0 aliphatic rings. The Hall–Kier alpha value is -0.280. The molecule has 0 amide bonds. The highest BCUT2D eigenvalue weighted by atomic mass is 32.2. The van der Waals surface area contributed by atoms with Gasteiger partial charge in [-0.25, -0.2) is 0 Å². The van der Waals surface area contributed by atoms with Gasteiger partial charge in [-0.2, -0.15) is 23.5 Å². The summed E-state index contributed by atoms with van der Waals surface area (Å²) >= 11 is 3.99. The van der Waals surface area contributed by atoms with Crippen molar-refractivity contribution in [1.29, 1.82) is 0 Å². The largest absolute Gasteiger partial charge is 0.507 e. The highest BCUT2D eigenvalue weighted by Crippen LogP contribution is 2.41. The lowest BCUT2D eigenvalue weighted by Gasteiger charge is -2.27. The minimum Gasteiger partial charge on any atom is -0.507 e. The number of aromatic hydroxyl groups is 1.